The van der Waals surface area contributed by atoms with Crippen LogP contribution in [0.1, 0.15) is 42.2 Å². The molecule has 0 aliphatic heterocycles. The molecular weight excluding hydrogens is 328 g/mol. The van der Waals surface area contributed by atoms with Gasteiger partial charge in [-0.3, -0.25) is 19.1 Å². The molecule has 1 heterocycles. The van der Waals surface area contributed by atoms with Gasteiger partial charge in [-0.25, -0.2) is 5.43 Å². The van der Waals surface area contributed by atoms with Gasteiger partial charge in [0, 0.05) is 11.6 Å². The summed E-state index contributed by atoms with van der Waals surface area (Å²) in [5.74, 6) is -0.701. The molecule has 1 amide bonds. The first-order chi connectivity index (χ1) is 11.5. The van der Waals surface area contributed by atoms with Crippen LogP contribution in [0.4, 0.5) is 0 Å². The predicted octanol–water partition coefficient (Wildman–Crippen LogP) is 2.35. The van der Waals surface area contributed by atoms with Gasteiger partial charge in [-0.15, -0.1) is 0 Å². The molecule has 0 radical (unpaired) electrons. The minimum atomic E-state index is -0.574. The molecule has 0 aliphatic carbocycles. The van der Waals surface area contributed by atoms with Crippen molar-refractivity contribution in [2.75, 3.05) is 0 Å². The predicted molar refractivity (Wildman–Crippen MR) is 94.1 cm³/mol. The van der Waals surface area contributed by atoms with E-state index >= 15 is 0 Å². The Kier molecular flexibility index (Phi) is 5.64. The third kappa shape index (κ3) is 3.77. The summed E-state index contributed by atoms with van der Waals surface area (Å²) in [6.07, 6.45) is 1.82. The number of benzene rings is 1. The quantitative estimate of drug-likeness (QED) is 0.439. The summed E-state index contributed by atoms with van der Waals surface area (Å²) >= 11 is 5.08. The Morgan fingerprint density at radius 3 is 2.75 bits per heavy atom. The first kappa shape index (κ1) is 17.6. The molecule has 0 saturated carbocycles. The number of carbonyl (C=O) groups excluding carboxylic acids is 1. The normalized spacial score (nSPS) is 12.2. The molecule has 1 aromatic heterocycles. The monoisotopic (exact) mass is 346 g/mol. The van der Waals surface area contributed by atoms with Crippen LogP contribution >= 0.6 is 12.2 Å². The second-order valence-electron chi connectivity index (χ2n) is 5.19. The number of carbonyl (C=O) groups is 1. The van der Waals surface area contributed by atoms with Gasteiger partial charge in [-0.1, -0.05) is 25.1 Å². The van der Waals surface area contributed by atoms with Crippen LogP contribution in [0.15, 0.2) is 40.2 Å². The highest BCUT2D eigenvalue weighted by Gasteiger charge is 2.14. The molecule has 0 fully saturated rings. The number of nitrogens with one attached hydrogen (secondary N) is 2. The zero-order chi connectivity index (χ0) is 17.7. The van der Waals surface area contributed by atoms with Gasteiger partial charge in [0.05, 0.1) is 6.21 Å². The maximum Gasteiger partial charge on any atom is 0.271 e. The number of H-pyrrole nitrogens is 1. The molecule has 3 N–H and O–H groups in total. The number of hydrogen-bond donors (Lipinski definition) is 3. The van der Waals surface area contributed by atoms with Crippen LogP contribution in [0.2, 0.25) is 0 Å². The molecule has 1 unspecified atom stereocenters. The molecule has 1 atom stereocenters. The van der Waals surface area contributed by atoms with Gasteiger partial charge in [-0.2, -0.15) is 5.10 Å². The molecule has 24 heavy (non-hydrogen) atoms. The SMILES string of the molecule is CCC(C)n1c(O)c(C=NNC(=O)c2ccccc2)c(=O)[nH]c1=S. The zero-order valence-corrected chi connectivity index (χ0v) is 14.1. The van der Waals surface area contributed by atoms with Crippen molar-refractivity contribution in [1.82, 2.24) is 15.0 Å². The van der Waals surface area contributed by atoms with Crippen molar-refractivity contribution in [3.05, 3.63) is 56.6 Å². The fraction of sp³-hybridized carbons (Fsp3) is 0.250. The summed E-state index contributed by atoms with van der Waals surface area (Å²) in [6, 6.07) is 8.43. The van der Waals surface area contributed by atoms with E-state index in [1.807, 2.05) is 13.8 Å². The van der Waals surface area contributed by atoms with E-state index in [9.17, 15) is 14.7 Å². The van der Waals surface area contributed by atoms with Crippen molar-refractivity contribution in [3.8, 4) is 5.88 Å². The molecule has 0 saturated heterocycles. The van der Waals surface area contributed by atoms with E-state index < -0.39 is 11.5 Å². The Labute approximate surface area is 143 Å². The maximum atomic E-state index is 12.0. The first-order valence-corrected chi connectivity index (χ1v) is 7.82. The third-order valence-electron chi connectivity index (χ3n) is 3.58. The summed E-state index contributed by atoms with van der Waals surface area (Å²) in [4.78, 5) is 26.3. The topological polar surface area (TPSA) is 99.5 Å². The van der Waals surface area contributed by atoms with E-state index in [0.717, 1.165) is 12.6 Å². The van der Waals surface area contributed by atoms with E-state index in [-0.39, 0.29) is 22.3 Å². The van der Waals surface area contributed by atoms with Crippen molar-refractivity contribution in [1.29, 1.82) is 0 Å². The number of nitrogens with zero attached hydrogens (tertiary/aromatic N) is 2. The summed E-state index contributed by atoms with van der Waals surface area (Å²) in [6.45, 7) is 3.80. The second-order valence-corrected chi connectivity index (χ2v) is 5.58. The van der Waals surface area contributed by atoms with Crippen molar-refractivity contribution in [2.24, 2.45) is 5.10 Å². The number of rotatable bonds is 5. The van der Waals surface area contributed by atoms with E-state index in [2.05, 4.69) is 15.5 Å². The lowest BCUT2D eigenvalue weighted by Gasteiger charge is -2.16. The largest absolute Gasteiger partial charge is 0.494 e. The van der Waals surface area contributed by atoms with Gasteiger partial charge >= 0.3 is 0 Å². The Morgan fingerprint density at radius 1 is 1.46 bits per heavy atom. The fourth-order valence-corrected chi connectivity index (χ4v) is 2.43. The van der Waals surface area contributed by atoms with E-state index in [1.165, 1.54) is 4.57 Å². The lowest BCUT2D eigenvalue weighted by atomic mass is 10.2. The Hall–Kier alpha value is -2.74. The molecule has 1 aromatic carbocycles. The van der Waals surface area contributed by atoms with Gasteiger partial charge < -0.3 is 5.11 Å². The average Bonchev–Trinajstić information content (AvgIpc) is 2.57. The number of hydrazone groups is 1. The lowest BCUT2D eigenvalue weighted by molar-refractivity contribution is 0.0955. The molecule has 126 valence electrons. The Morgan fingerprint density at radius 2 is 2.12 bits per heavy atom. The van der Waals surface area contributed by atoms with Crippen LogP contribution in [0.3, 0.4) is 0 Å². The van der Waals surface area contributed by atoms with Gasteiger partial charge in [0.2, 0.25) is 5.88 Å². The molecular formula is C16H18N4O3S. The van der Waals surface area contributed by atoms with Crippen LogP contribution in [0.25, 0.3) is 0 Å². The van der Waals surface area contributed by atoms with Crippen LogP contribution < -0.4 is 11.0 Å². The maximum absolute atomic E-state index is 12.0. The summed E-state index contributed by atoms with van der Waals surface area (Å²) < 4.78 is 1.58. The lowest BCUT2D eigenvalue weighted by Crippen LogP contribution is -2.22. The number of aromatic amines is 1. The van der Waals surface area contributed by atoms with Gasteiger partial charge in [0.25, 0.3) is 11.5 Å². The zero-order valence-electron chi connectivity index (χ0n) is 13.3. The average molecular weight is 346 g/mol. The fourth-order valence-electron chi connectivity index (χ4n) is 2.07. The second kappa shape index (κ2) is 7.69. The van der Waals surface area contributed by atoms with Gasteiger partial charge in [0.15, 0.2) is 4.77 Å². The standard InChI is InChI=1S/C16H18N4O3S/c1-3-10(2)20-15(23)12(14(22)18-16(20)24)9-17-19-13(21)11-7-5-4-6-8-11/h4-10,23H,3H2,1-2H3,(H,19,21)(H,18,22,24). The molecule has 0 aliphatic rings. The minimum Gasteiger partial charge on any atom is -0.494 e. The number of amides is 1. The molecule has 8 heteroatoms. The Balaban J connectivity index is 2.28. The third-order valence-corrected chi connectivity index (χ3v) is 3.88. The highest BCUT2D eigenvalue weighted by Crippen LogP contribution is 2.19. The van der Waals surface area contributed by atoms with Crippen molar-refractivity contribution in [2.45, 2.75) is 26.3 Å². The van der Waals surface area contributed by atoms with Crippen LogP contribution in [-0.2, 0) is 0 Å². The van der Waals surface area contributed by atoms with Crippen LogP contribution in [-0.4, -0.2) is 26.8 Å². The molecule has 0 bridgehead atoms. The van der Waals surface area contributed by atoms with Crippen molar-refractivity contribution >= 4 is 24.3 Å². The number of hydrogen-bond acceptors (Lipinski definition) is 5. The van der Waals surface area contributed by atoms with Crippen molar-refractivity contribution in [3.63, 3.8) is 0 Å². The van der Waals surface area contributed by atoms with Gasteiger partial charge in [0.1, 0.15) is 5.56 Å². The van der Waals surface area contributed by atoms with E-state index in [0.29, 0.717) is 5.56 Å². The molecule has 7 nitrogen and oxygen atoms in total. The number of aromatic nitrogens is 2. The summed E-state index contributed by atoms with van der Waals surface area (Å²) in [7, 11) is 0. The first-order valence-electron chi connectivity index (χ1n) is 7.42. The summed E-state index contributed by atoms with van der Waals surface area (Å²) in [5, 5.41) is 14.1. The summed E-state index contributed by atoms with van der Waals surface area (Å²) in [5.41, 5.74) is 2.10. The van der Waals surface area contributed by atoms with Gasteiger partial charge in [-0.05, 0) is 37.7 Å². The highest BCUT2D eigenvalue weighted by molar-refractivity contribution is 7.71. The molecule has 2 rings (SSSR count). The van der Waals surface area contributed by atoms with Crippen LogP contribution in [0, 0.1) is 4.77 Å². The Bertz CT molecular complexity index is 871. The minimum absolute atomic E-state index is 0.0720. The number of aromatic hydroxyl groups is 1. The van der Waals surface area contributed by atoms with Crippen molar-refractivity contribution < 1.29 is 9.90 Å². The molecule has 2 aromatic rings. The highest BCUT2D eigenvalue weighted by atomic mass is 32.1. The smallest absolute Gasteiger partial charge is 0.271 e. The molecule has 0 spiro atoms. The van der Waals surface area contributed by atoms with Crippen LogP contribution in [0.5, 0.6) is 5.88 Å². The van der Waals surface area contributed by atoms with E-state index in [4.69, 9.17) is 12.2 Å². The van der Waals surface area contributed by atoms with E-state index in [1.54, 1.807) is 30.3 Å².